The minimum absolute atomic E-state index is 0.394. The molecule has 0 aliphatic rings. The molecule has 0 atom stereocenters. The van der Waals surface area contributed by atoms with E-state index in [9.17, 15) is 0 Å². The van der Waals surface area contributed by atoms with E-state index in [1.807, 2.05) is 24.3 Å². The second-order valence-corrected chi connectivity index (χ2v) is 5.82. The number of rotatable bonds is 2. The third-order valence-corrected chi connectivity index (χ3v) is 3.48. The Morgan fingerprint density at radius 3 is 2.75 bits per heavy atom. The van der Waals surface area contributed by atoms with Crippen molar-refractivity contribution in [3.05, 3.63) is 45.6 Å². The van der Waals surface area contributed by atoms with Crippen LogP contribution in [0.1, 0.15) is 0 Å². The maximum Gasteiger partial charge on any atom is 0.230 e. The minimum Gasteiger partial charge on any atom is -0.383 e. The molecule has 0 spiro atoms. The molecule has 0 fully saturated rings. The highest BCUT2D eigenvalue weighted by Gasteiger charge is 2.06. The Balaban J connectivity index is 2.06. The van der Waals surface area contributed by atoms with Crippen molar-refractivity contribution in [1.29, 1.82) is 0 Å². The van der Waals surface area contributed by atoms with Crippen molar-refractivity contribution in [3.63, 3.8) is 0 Å². The molecule has 100 valence electrons. The summed E-state index contributed by atoms with van der Waals surface area (Å²) in [5, 5.41) is 4.16. The quantitative estimate of drug-likeness (QED) is 0.645. The molecule has 0 unspecified atom stereocenters. The van der Waals surface area contributed by atoms with Gasteiger partial charge in [-0.05, 0) is 44.0 Å². The van der Waals surface area contributed by atoms with Crippen molar-refractivity contribution in [3.8, 4) is 0 Å². The molecule has 2 heterocycles. The van der Waals surface area contributed by atoms with Crippen LogP contribution in [0.25, 0.3) is 10.9 Å². The summed E-state index contributed by atoms with van der Waals surface area (Å²) < 4.78 is 1.56. The van der Waals surface area contributed by atoms with Gasteiger partial charge in [-0.3, -0.25) is 4.98 Å². The number of benzene rings is 1. The van der Waals surface area contributed by atoms with Crippen LogP contribution in [0.3, 0.4) is 0 Å². The van der Waals surface area contributed by atoms with E-state index in [0.717, 1.165) is 21.1 Å². The van der Waals surface area contributed by atoms with Crippen LogP contribution in [-0.4, -0.2) is 15.0 Å². The predicted octanol–water partition coefficient (Wildman–Crippen LogP) is 3.88. The van der Waals surface area contributed by atoms with E-state index in [2.05, 4.69) is 52.1 Å². The summed E-state index contributed by atoms with van der Waals surface area (Å²) in [5.74, 6) is 0.819. The van der Waals surface area contributed by atoms with Crippen molar-refractivity contribution in [2.24, 2.45) is 0 Å². The molecular weight excluding hydrogens is 386 g/mol. The number of nitrogen functional groups attached to an aromatic ring is 1. The number of aromatic nitrogens is 3. The molecule has 0 bridgehead atoms. The molecule has 0 saturated carbocycles. The Bertz CT molecular complexity index is 771. The summed E-state index contributed by atoms with van der Waals surface area (Å²) in [6.07, 6.45) is 1.75. The second kappa shape index (κ2) is 5.34. The van der Waals surface area contributed by atoms with Gasteiger partial charge in [-0.1, -0.05) is 12.1 Å². The molecule has 0 aliphatic heterocycles. The van der Waals surface area contributed by atoms with Crippen LogP contribution in [0.4, 0.5) is 17.5 Å². The molecule has 0 radical (unpaired) electrons. The standard InChI is InChI=1S/C13H9Br2N5/c14-8-4-7-2-1-3-9(12(7)17-6-8)18-13-19-10(15)5-11(16)20-13/h1-6H,(H3,16,18,19,20). The highest BCUT2D eigenvalue weighted by molar-refractivity contribution is 9.10. The maximum absolute atomic E-state index is 5.70. The first kappa shape index (κ1) is 13.3. The highest BCUT2D eigenvalue weighted by Crippen LogP contribution is 2.26. The lowest BCUT2D eigenvalue weighted by Crippen LogP contribution is -2.01. The van der Waals surface area contributed by atoms with Crippen LogP contribution >= 0.6 is 31.9 Å². The molecule has 0 amide bonds. The van der Waals surface area contributed by atoms with E-state index in [4.69, 9.17) is 5.73 Å². The van der Waals surface area contributed by atoms with Crippen molar-refractivity contribution in [2.45, 2.75) is 0 Å². The van der Waals surface area contributed by atoms with E-state index >= 15 is 0 Å². The normalized spacial score (nSPS) is 10.7. The first-order valence-corrected chi connectivity index (χ1v) is 7.32. The lowest BCUT2D eigenvalue weighted by molar-refractivity contribution is 1.15. The monoisotopic (exact) mass is 393 g/mol. The molecule has 20 heavy (non-hydrogen) atoms. The van der Waals surface area contributed by atoms with Crippen molar-refractivity contribution in [2.75, 3.05) is 11.1 Å². The number of hydrogen-bond donors (Lipinski definition) is 2. The van der Waals surface area contributed by atoms with Gasteiger partial charge in [0.25, 0.3) is 0 Å². The number of halogens is 2. The average Bonchev–Trinajstić information content (AvgIpc) is 2.37. The number of hydrogen-bond acceptors (Lipinski definition) is 5. The first-order valence-electron chi connectivity index (χ1n) is 5.73. The van der Waals surface area contributed by atoms with Crippen LogP contribution in [-0.2, 0) is 0 Å². The number of anilines is 3. The summed E-state index contributed by atoms with van der Waals surface area (Å²) >= 11 is 6.71. The number of pyridine rings is 1. The topological polar surface area (TPSA) is 76.7 Å². The molecule has 3 rings (SSSR count). The summed E-state index contributed by atoms with van der Waals surface area (Å²) in [6, 6.07) is 9.51. The molecule has 7 heteroatoms. The summed E-state index contributed by atoms with van der Waals surface area (Å²) in [6.45, 7) is 0. The molecule has 5 nitrogen and oxygen atoms in total. The fourth-order valence-electron chi connectivity index (χ4n) is 1.85. The Hall–Kier alpha value is -1.73. The van der Waals surface area contributed by atoms with Gasteiger partial charge in [0.05, 0.1) is 11.2 Å². The SMILES string of the molecule is Nc1cc(Br)nc(Nc2cccc3cc(Br)cnc23)n1. The first-order chi connectivity index (χ1) is 9.61. The number of para-hydroxylation sites is 1. The molecule has 0 saturated heterocycles. The second-order valence-electron chi connectivity index (χ2n) is 4.09. The van der Waals surface area contributed by atoms with E-state index in [1.165, 1.54) is 0 Å². The summed E-state index contributed by atoms with van der Waals surface area (Å²) in [4.78, 5) is 12.8. The van der Waals surface area contributed by atoms with E-state index < -0.39 is 0 Å². The Morgan fingerprint density at radius 2 is 1.95 bits per heavy atom. The smallest absolute Gasteiger partial charge is 0.230 e. The van der Waals surface area contributed by atoms with Crippen molar-refractivity contribution >= 4 is 60.2 Å². The van der Waals surface area contributed by atoms with Gasteiger partial charge in [-0.15, -0.1) is 0 Å². The molecule has 2 aromatic heterocycles. The van der Waals surface area contributed by atoms with Gasteiger partial charge >= 0.3 is 0 Å². The number of fused-ring (bicyclic) bond motifs is 1. The van der Waals surface area contributed by atoms with Gasteiger partial charge < -0.3 is 11.1 Å². The van der Waals surface area contributed by atoms with E-state index in [1.54, 1.807) is 12.3 Å². The van der Waals surface area contributed by atoms with Gasteiger partial charge in [-0.25, -0.2) is 4.98 Å². The van der Waals surface area contributed by atoms with Gasteiger partial charge in [0.1, 0.15) is 10.4 Å². The fraction of sp³-hybridized carbons (Fsp3) is 0. The molecule has 3 aromatic rings. The van der Waals surface area contributed by atoms with Crippen LogP contribution in [0, 0.1) is 0 Å². The zero-order chi connectivity index (χ0) is 14.1. The largest absolute Gasteiger partial charge is 0.383 e. The van der Waals surface area contributed by atoms with Crippen LogP contribution in [0.5, 0.6) is 0 Å². The third kappa shape index (κ3) is 2.73. The predicted molar refractivity (Wildman–Crippen MR) is 86.9 cm³/mol. The van der Waals surface area contributed by atoms with E-state index in [-0.39, 0.29) is 0 Å². The number of nitrogens with one attached hydrogen (secondary N) is 1. The van der Waals surface area contributed by atoms with Gasteiger partial charge in [0.15, 0.2) is 0 Å². The highest BCUT2D eigenvalue weighted by atomic mass is 79.9. The molecular formula is C13H9Br2N5. The summed E-state index contributed by atoms with van der Waals surface area (Å²) in [7, 11) is 0. The number of nitrogens with zero attached hydrogens (tertiary/aromatic N) is 3. The lowest BCUT2D eigenvalue weighted by atomic mass is 10.2. The van der Waals surface area contributed by atoms with Gasteiger partial charge in [-0.2, -0.15) is 4.98 Å². The summed E-state index contributed by atoms with van der Waals surface area (Å²) in [5.41, 5.74) is 7.37. The zero-order valence-corrected chi connectivity index (χ0v) is 13.3. The Labute approximate surface area is 131 Å². The van der Waals surface area contributed by atoms with E-state index in [0.29, 0.717) is 16.4 Å². The van der Waals surface area contributed by atoms with Crippen molar-refractivity contribution in [1.82, 2.24) is 15.0 Å². The minimum atomic E-state index is 0.394. The lowest BCUT2D eigenvalue weighted by Gasteiger charge is -2.08. The Kier molecular flexibility index (Phi) is 3.54. The zero-order valence-electron chi connectivity index (χ0n) is 10.1. The van der Waals surface area contributed by atoms with Gasteiger partial charge in [0.2, 0.25) is 5.95 Å². The molecule has 0 aliphatic carbocycles. The fourth-order valence-corrected chi connectivity index (χ4v) is 2.60. The number of nitrogens with two attached hydrogens (primary N) is 1. The van der Waals surface area contributed by atoms with Crippen LogP contribution < -0.4 is 11.1 Å². The molecule has 1 aromatic carbocycles. The van der Waals surface area contributed by atoms with Crippen molar-refractivity contribution < 1.29 is 0 Å². The van der Waals surface area contributed by atoms with Crippen LogP contribution in [0.2, 0.25) is 0 Å². The average molecular weight is 395 g/mol. The maximum atomic E-state index is 5.70. The molecule has 3 N–H and O–H groups in total. The van der Waals surface area contributed by atoms with Crippen LogP contribution in [0.15, 0.2) is 45.6 Å². The Morgan fingerprint density at radius 1 is 1.10 bits per heavy atom. The third-order valence-electron chi connectivity index (χ3n) is 2.64. The van der Waals surface area contributed by atoms with Gasteiger partial charge in [0, 0.05) is 22.1 Å².